The lowest BCUT2D eigenvalue weighted by molar-refractivity contribution is -0.330. The van der Waals surface area contributed by atoms with Crippen molar-refractivity contribution in [3.05, 3.63) is 11.6 Å². The molecule has 7 aliphatic rings. The molecule has 0 aromatic carbocycles. The van der Waals surface area contributed by atoms with Gasteiger partial charge in [0, 0.05) is 0 Å². The summed E-state index contributed by atoms with van der Waals surface area (Å²) < 4.78 is 23.9. The van der Waals surface area contributed by atoms with Crippen LogP contribution in [0.5, 0.6) is 0 Å². The van der Waals surface area contributed by atoms with Gasteiger partial charge in [0.15, 0.2) is 6.29 Å². The molecule has 4 saturated carbocycles. The summed E-state index contributed by atoms with van der Waals surface area (Å²) in [5.41, 5.74) is -0.147. The lowest BCUT2D eigenvalue weighted by Crippen LogP contribution is -2.66. The molecule has 18 atom stereocenters. The van der Waals surface area contributed by atoms with E-state index in [1.54, 1.807) is 0 Å². The number of allylic oxidation sites excluding steroid dienone is 2. The molecule has 55 heavy (non-hydrogen) atoms. The quantitative estimate of drug-likeness (QED) is 0.111. The summed E-state index contributed by atoms with van der Waals surface area (Å²) in [7, 11) is 0. The molecule has 0 aromatic rings. The monoisotopic (exact) mass is 780 g/mol. The van der Waals surface area contributed by atoms with E-state index in [9.17, 15) is 45.6 Å². The Bertz CT molecular complexity index is 1480. The second-order valence-electron chi connectivity index (χ2n) is 20.7. The molecular formula is C42H68O13. The van der Waals surface area contributed by atoms with Gasteiger partial charge in [0.2, 0.25) is 6.29 Å². The Labute approximate surface area is 325 Å². The number of esters is 1. The molecule has 6 fully saturated rings. The zero-order chi connectivity index (χ0) is 40.3. The average molecular weight is 781 g/mol. The molecule has 0 radical (unpaired) electrons. The van der Waals surface area contributed by atoms with Crippen molar-refractivity contribution in [2.24, 2.45) is 50.2 Å². The number of carbonyl (C=O) groups is 1. The van der Waals surface area contributed by atoms with Crippen molar-refractivity contribution in [2.75, 3.05) is 13.2 Å². The maximum Gasteiger partial charge on any atom is 0.315 e. The SMILES string of the molecule is CC1(C)CC[C@]2(C(=O)O[C@H]3O[C@H](CO)[C@@H](O)[C@H](O)[C@H]3O)CC[C@]3(C)C(=CC[C@@H]4[C@@]5(C)CC[C@H](O[C@@H]6O[C@H](CO)[C@@H](O)[C@H](O)[C@H]6O)C(C)(C)[C@@H]5CC[C@]43C)[C@H]2C1. The van der Waals surface area contributed by atoms with Gasteiger partial charge in [0.25, 0.3) is 0 Å². The first-order valence-corrected chi connectivity index (χ1v) is 20.8. The Morgan fingerprint density at radius 1 is 0.709 bits per heavy atom. The van der Waals surface area contributed by atoms with Crippen LogP contribution in [0.2, 0.25) is 0 Å². The second-order valence-corrected chi connectivity index (χ2v) is 20.7. The Kier molecular flexibility index (Phi) is 10.8. The fourth-order valence-electron chi connectivity index (χ4n) is 13.6. The predicted molar refractivity (Wildman–Crippen MR) is 198 cm³/mol. The number of carbonyl (C=O) groups excluding carboxylic acids is 1. The van der Waals surface area contributed by atoms with Gasteiger partial charge in [-0.3, -0.25) is 4.79 Å². The lowest BCUT2D eigenvalue weighted by Gasteiger charge is -2.71. The maximum atomic E-state index is 14.6. The van der Waals surface area contributed by atoms with E-state index in [2.05, 4.69) is 54.5 Å². The molecule has 0 amide bonds. The highest BCUT2D eigenvalue weighted by molar-refractivity contribution is 5.79. The maximum absolute atomic E-state index is 14.6. The largest absolute Gasteiger partial charge is 0.432 e. The van der Waals surface area contributed by atoms with Crippen molar-refractivity contribution in [1.82, 2.24) is 0 Å². The van der Waals surface area contributed by atoms with E-state index >= 15 is 0 Å². The van der Waals surface area contributed by atoms with E-state index < -0.39 is 86.0 Å². The minimum absolute atomic E-state index is 0.0125. The summed E-state index contributed by atoms with van der Waals surface area (Å²) in [6, 6.07) is 0. The summed E-state index contributed by atoms with van der Waals surface area (Å²) in [5, 5.41) is 82.7. The first kappa shape index (κ1) is 41.9. The summed E-state index contributed by atoms with van der Waals surface area (Å²) in [6.07, 6.45) is -3.82. The van der Waals surface area contributed by atoms with Crippen molar-refractivity contribution in [3.63, 3.8) is 0 Å². The molecule has 0 aromatic heterocycles. The first-order chi connectivity index (χ1) is 25.6. The van der Waals surface area contributed by atoms with Crippen LogP contribution in [0.1, 0.15) is 113 Å². The van der Waals surface area contributed by atoms with E-state index in [-0.39, 0.29) is 45.0 Å². The van der Waals surface area contributed by atoms with Gasteiger partial charge in [0.1, 0.15) is 48.8 Å². The smallest absolute Gasteiger partial charge is 0.315 e. The number of hydrogen-bond acceptors (Lipinski definition) is 13. The van der Waals surface area contributed by atoms with Gasteiger partial charge in [0.05, 0.1) is 24.7 Å². The molecule has 7 rings (SSSR count). The van der Waals surface area contributed by atoms with Crippen molar-refractivity contribution in [2.45, 2.75) is 180 Å². The van der Waals surface area contributed by atoms with Crippen LogP contribution in [-0.4, -0.2) is 128 Å². The Balaban J connectivity index is 1.16. The van der Waals surface area contributed by atoms with Crippen molar-refractivity contribution >= 4 is 5.97 Å². The Hall–Kier alpha value is -1.23. The summed E-state index contributed by atoms with van der Waals surface area (Å²) in [6.45, 7) is 15.2. The molecule has 2 aliphatic heterocycles. The number of rotatable bonds is 6. The van der Waals surface area contributed by atoms with Gasteiger partial charge < -0.3 is 59.8 Å². The van der Waals surface area contributed by atoms with Gasteiger partial charge in [-0.1, -0.05) is 60.1 Å². The van der Waals surface area contributed by atoms with Gasteiger partial charge >= 0.3 is 5.97 Å². The molecule has 13 nitrogen and oxygen atoms in total. The minimum Gasteiger partial charge on any atom is -0.432 e. The third-order valence-corrected chi connectivity index (χ3v) is 17.2. The van der Waals surface area contributed by atoms with Gasteiger partial charge in [-0.15, -0.1) is 0 Å². The fraction of sp³-hybridized carbons (Fsp3) is 0.929. The summed E-state index contributed by atoms with van der Waals surface area (Å²) in [5.74, 6) is 0.0905. The first-order valence-electron chi connectivity index (χ1n) is 20.8. The molecule has 2 heterocycles. The van der Waals surface area contributed by atoms with Gasteiger partial charge in [-0.2, -0.15) is 0 Å². The van der Waals surface area contributed by atoms with Crippen LogP contribution in [0.4, 0.5) is 0 Å². The van der Waals surface area contributed by atoms with Gasteiger partial charge in [-0.05, 0) is 109 Å². The van der Waals surface area contributed by atoms with Crippen LogP contribution in [0.3, 0.4) is 0 Å². The van der Waals surface area contributed by atoms with E-state index in [1.807, 2.05) is 0 Å². The molecule has 314 valence electrons. The van der Waals surface area contributed by atoms with E-state index in [4.69, 9.17) is 18.9 Å². The molecule has 5 aliphatic carbocycles. The fourth-order valence-corrected chi connectivity index (χ4v) is 13.6. The summed E-state index contributed by atoms with van der Waals surface area (Å²) in [4.78, 5) is 14.6. The number of fused-ring (bicyclic) bond motifs is 7. The third kappa shape index (κ3) is 6.23. The highest BCUT2D eigenvalue weighted by atomic mass is 16.7. The predicted octanol–water partition coefficient (Wildman–Crippen LogP) is 2.32. The standard InChI is InChI=1S/C42H68O13/c1-37(2)14-16-42(36(51)55-35-33(50)31(48)29(46)24(20-44)53-35)17-15-40(6)21(22(42)18-37)8-9-26-39(5)12-11-27(38(3,4)25(39)10-13-41(26,40)7)54-34-32(49)30(47)28(45)23(19-43)52-34/h8,22-35,43-50H,9-20H2,1-7H3/t22-,23-,24-,25+,26-,27+,28-,29-,30+,31+,32-,33-,34+,35-,39+,40-,41-,42+/m1/s1. The zero-order valence-corrected chi connectivity index (χ0v) is 33.8. The molecule has 13 heteroatoms. The van der Waals surface area contributed by atoms with Crippen LogP contribution in [0.15, 0.2) is 11.6 Å². The van der Waals surface area contributed by atoms with Crippen LogP contribution >= 0.6 is 0 Å². The molecule has 0 spiro atoms. The molecular weight excluding hydrogens is 712 g/mol. The van der Waals surface area contributed by atoms with Crippen LogP contribution in [0, 0.1) is 50.2 Å². The van der Waals surface area contributed by atoms with Crippen molar-refractivity contribution in [1.29, 1.82) is 0 Å². The average Bonchev–Trinajstić information content (AvgIpc) is 3.13. The molecule has 0 bridgehead atoms. The highest BCUT2D eigenvalue weighted by Crippen LogP contribution is 2.76. The van der Waals surface area contributed by atoms with Crippen LogP contribution in [0.25, 0.3) is 0 Å². The lowest BCUT2D eigenvalue weighted by atomic mass is 9.33. The van der Waals surface area contributed by atoms with E-state index in [1.165, 1.54) is 5.57 Å². The number of aliphatic hydroxyl groups is 8. The van der Waals surface area contributed by atoms with Crippen molar-refractivity contribution < 1.29 is 64.6 Å². The Morgan fingerprint density at radius 2 is 1.29 bits per heavy atom. The number of ether oxygens (including phenoxy) is 4. The normalized spacial score (nSPS) is 53.1. The second kappa shape index (κ2) is 14.2. The number of hydrogen-bond donors (Lipinski definition) is 8. The minimum atomic E-state index is -1.66. The Morgan fingerprint density at radius 3 is 1.91 bits per heavy atom. The number of aliphatic hydroxyl groups excluding tert-OH is 8. The highest BCUT2D eigenvalue weighted by Gasteiger charge is 2.70. The molecule has 2 saturated heterocycles. The van der Waals surface area contributed by atoms with Crippen LogP contribution in [-0.2, 0) is 23.7 Å². The van der Waals surface area contributed by atoms with Crippen molar-refractivity contribution in [3.8, 4) is 0 Å². The van der Waals surface area contributed by atoms with E-state index in [0.717, 1.165) is 51.4 Å². The van der Waals surface area contributed by atoms with E-state index in [0.29, 0.717) is 18.8 Å². The molecule has 0 unspecified atom stereocenters. The van der Waals surface area contributed by atoms with Gasteiger partial charge in [-0.25, -0.2) is 0 Å². The zero-order valence-electron chi connectivity index (χ0n) is 33.8. The molecule has 8 N–H and O–H groups in total. The topological polar surface area (TPSA) is 216 Å². The third-order valence-electron chi connectivity index (χ3n) is 17.2. The van der Waals surface area contributed by atoms with Crippen LogP contribution < -0.4 is 0 Å². The summed E-state index contributed by atoms with van der Waals surface area (Å²) >= 11 is 0.